The molecule has 2 atom stereocenters. The molecule has 26 heavy (non-hydrogen) atoms. The van der Waals surface area contributed by atoms with Crippen molar-refractivity contribution in [2.45, 2.75) is 31.6 Å². The predicted octanol–water partition coefficient (Wildman–Crippen LogP) is 3.58. The van der Waals surface area contributed by atoms with E-state index in [2.05, 4.69) is 19.2 Å². The van der Waals surface area contributed by atoms with Crippen LogP contribution in [0.2, 0.25) is 0 Å². The maximum atomic E-state index is 11.4. The number of benzene rings is 2. The Bertz CT molecular complexity index is 876. The third kappa shape index (κ3) is 3.71. The fourth-order valence-corrected chi connectivity index (χ4v) is 4.28. The Hall–Kier alpha value is -2.05. The normalized spacial score (nSPS) is 21.2. The van der Waals surface area contributed by atoms with Gasteiger partial charge in [0.2, 0.25) is 10.0 Å². The van der Waals surface area contributed by atoms with Crippen LogP contribution in [-0.2, 0) is 10.0 Å². The molecule has 2 aromatic carbocycles. The Labute approximate surface area is 155 Å². The molecule has 2 aromatic rings. The summed E-state index contributed by atoms with van der Waals surface area (Å²) in [5.41, 5.74) is 2.30. The zero-order chi connectivity index (χ0) is 18.9. The number of ether oxygens (including phenoxy) is 1. The summed E-state index contributed by atoms with van der Waals surface area (Å²) in [5, 5.41) is 8.69. The molecule has 0 unspecified atom stereocenters. The van der Waals surface area contributed by atoms with Gasteiger partial charge in [-0.15, -0.1) is 0 Å². The number of primary sulfonamides is 1. The van der Waals surface area contributed by atoms with Crippen LogP contribution >= 0.6 is 0 Å². The van der Waals surface area contributed by atoms with Gasteiger partial charge in [-0.05, 0) is 54.0 Å². The van der Waals surface area contributed by atoms with E-state index in [1.807, 2.05) is 43.3 Å². The summed E-state index contributed by atoms with van der Waals surface area (Å²) in [7, 11) is -3.65. The van der Waals surface area contributed by atoms with E-state index in [0.29, 0.717) is 18.4 Å². The Morgan fingerprint density at radius 2 is 1.77 bits per heavy atom. The number of sulfonamides is 1. The average Bonchev–Trinajstić information content (AvgIpc) is 3.14. The summed E-state index contributed by atoms with van der Waals surface area (Å²) in [4.78, 5) is 0.153. The van der Waals surface area contributed by atoms with E-state index in [0.717, 1.165) is 23.5 Å². The number of anilines is 1. The van der Waals surface area contributed by atoms with Crippen molar-refractivity contribution in [2.24, 2.45) is 16.5 Å². The van der Waals surface area contributed by atoms with E-state index in [1.165, 1.54) is 0 Å². The number of rotatable bonds is 7. The second-order valence-electron chi connectivity index (χ2n) is 7.33. The van der Waals surface area contributed by atoms with Crippen LogP contribution in [0.3, 0.4) is 0 Å². The minimum absolute atomic E-state index is 0.149. The van der Waals surface area contributed by atoms with Crippen LogP contribution in [0.15, 0.2) is 53.4 Å². The lowest BCUT2D eigenvalue weighted by Gasteiger charge is -2.12. The van der Waals surface area contributed by atoms with Crippen LogP contribution in [0.4, 0.5) is 5.69 Å². The first-order valence-electron chi connectivity index (χ1n) is 8.83. The summed E-state index contributed by atoms with van der Waals surface area (Å²) >= 11 is 0. The maximum absolute atomic E-state index is 11.4. The molecule has 140 valence electrons. The van der Waals surface area contributed by atoms with E-state index in [4.69, 9.17) is 9.88 Å². The minimum atomic E-state index is -3.65. The van der Waals surface area contributed by atoms with Crippen LogP contribution in [-0.4, -0.2) is 21.6 Å². The van der Waals surface area contributed by atoms with E-state index >= 15 is 0 Å². The molecule has 5 nitrogen and oxygen atoms in total. The van der Waals surface area contributed by atoms with Crippen LogP contribution in [0, 0.1) is 11.3 Å². The molecule has 3 N–H and O–H groups in total. The molecule has 0 aromatic heterocycles. The van der Waals surface area contributed by atoms with Crippen molar-refractivity contribution in [3.8, 4) is 5.75 Å². The van der Waals surface area contributed by atoms with Gasteiger partial charge in [-0.3, -0.25) is 0 Å². The zero-order valence-corrected chi connectivity index (χ0v) is 16.2. The highest BCUT2D eigenvalue weighted by Gasteiger charge is 2.57. The first-order valence-corrected chi connectivity index (χ1v) is 10.4. The smallest absolute Gasteiger partial charge is 0.238 e. The van der Waals surface area contributed by atoms with Gasteiger partial charge in [0.25, 0.3) is 0 Å². The molecule has 0 aliphatic heterocycles. The largest absolute Gasteiger partial charge is 0.492 e. The van der Waals surface area contributed by atoms with E-state index in [1.54, 1.807) is 12.1 Å². The predicted molar refractivity (Wildman–Crippen MR) is 104 cm³/mol. The zero-order valence-electron chi connectivity index (χ0n) is 15.4. The fraction of sp³-hybridized carbons (Fsp3) is 0.400. The van der Waals surface area contributed by atoms with Crippen LogP contribution < -0.4 is 15.2 Å². The van der Waals surface area contributed by atoms with E-state index in [-0.39, 0.29) is 10.3 Å². The molecule has 0 heterocycles. The average molecular weight is 375 g/mol. The van der Waals surface area contributed by atoms with Crippen molar-refractivity contribution in [3.63, 3.8) is 0 Å². The summed E-state index contributed by atoms with van der Waals surface area (Å²) < 4.78 is 28.5. The number of nitrogens with one attached hydrogen (secondary N) is 1. The van der Waals surface area contributed by atoms with Crippen LogP contribution in [0.25, 0.3) is 0 Å². The van der Waals surface area contributed by atoms with Gasteiger partial charge in [0.1, 0.15) is 5.75 Å². The van der Waals surface area contributed by atoms with E-state index < -0.39 is 10.0 Å². The first-order chi connectivity index (χ1) is 12.2. The van der Waals surface area contributed by atoms with Gasteiger partial charge >= 0.3 is 0 Å². The highest BCUT2D eigenvalue weighted by molar-refractivity contribution is 7.89. The summed E-state index contributed by atoms with van der Waals surface area (Å²) in [6, 6.07) is 14.9. The van der Waals surface area contributed by atoms with Crippen molar-refractivity contribution in [2.75, 3.05) is 18.5 Å². The third-order valence-corrected chi connectivity index (χ3v) is 6.25. The van der Waals surface area contributed by atoms with Gasteiger partial charge < -0.3 is 10.1 Å². The molecular formula is C20H26N2O3S. The van der Waals surface area contributed by atoms with Gasteiger partial charge in [0.05, 0.1) is 17.2 Å². The second-order valence-corrected chi connectivity index (χ2v) is 8.89. The first kappa shape index (κ1) is 18.7. The SMILES string of the molecule is CCOc1ccccc1NC[C@@H]1[C@@H](c2ccc(S(N)(=O)=O)cc2)C1(C)C. The Morgan fingerprint density at radius 3 is 2.38 bits per heavy atom. The fourth-order valence-electron chi connectivity index (χ4n) is 3.77. The molecule has 1 aliphatic rings. The molecule has 6 heteroatoms. The molecule has 3 rings (SSSR count). The molecular weight excluding hydrogens is 348 g/mol. The lowest BCUT2D eigenvalue weighted by molar-refractivity contribution is 0.341. The Kier molecular flexibility index (Phi) is 4.99. The van der Waals surface area contributed by atoms with Gasteiger partial charge in [0.15, 0.2) is 0 Å². The van der Waals surface area contributed by atoms with Crippen molar-refractivity contribution in [1.82, 2.24) is 0 Å². The van der Waals surface area contributed by atoms with E-state index in [9.17, 15) is 8.42 Å². The highest BCUT2D eigenvalue weighted by Crippen LogP contribution is 2.64. The topological polar surface area (TPSA) is 81.4 Å². The standard InChI is InChI=1S/C20H26N2O3S/c1-4-25-18-8-6-5-7-17(18)22-13-16-19(20(16,2)3)14-9-11-15(12-10-14)26(21,23)24/h5-12,16,19,22H,4,13H2,1-3H3,(H2,21,23,24)/t16-,19-/m1/s1. The summed E-state index contributed by atoms with van der Waals surface area (Å²) in [6.45, 7) is 7.92. The quantitative estimate of drug-likeness (QED) is 0.776. The highest BCUT2D eigenvalue weighted by atomic mass is 32.2. The number of hydrogen-bond acceptors (Lipinski definition) is 4. The molecule has 1 fully saturated rings. The molecule has 0 bridgehead atoms. The van der Waals surface area contributed by atoms with Gasteiger partial charge in [-0.25, -0.2) is 13.6 Å². The van der Waals surface area contributed by atoms with Crippen molar-refractivity contribution in [1.29, 1.82) is 0 Å². The second kappa shape index (κ2) is 6.93. The molecule has 0 radical (unpaired) electrons. The molecule has 0 amide bonds. The number of hydrogen-bond donors (Lipinski definition) is 2. The van der Waals surface area contributed by atoms with Crippen LogP contribution in [0.5, 0.6) is 5.75 Å². The minimum Gasteiger partial charge on any atom is -0.492 e. The third-order valence-electron chi connectivity index (χ3n) is 5.32. The van der Waals surface area contributed by atoms with Crippen LogP contribution in [0.1, 0.15) is 32.3 Å². The molecule has 0 spiro atoms. The van der Waals surface area contributed by atoms with Crippen molar-refractivity contribution in [3.05, 3.63) is 54.1 Å². The van der Waals surface area contributed by atoms with Crippen molar-refractivity contribution >= 4 is 15.7 Å². The molecule has 1 saturated carbocycles. The maximum Gasteiger partial charge on any atom is 0.238 e. The lowest BCUT2D eigenvalue weighted by Crippen LogP contribution is -2.11. The van der Waals surface area contributed by atoms with Gasteiger partial charge in [-0.1, -0.05) is 38.1 Å². The summed E-state index contributed by atoms with van der Waals surface area (Å²) in [6.07, 6.45) is 0. The molecule has 1 aliphatic carbocycles. The summed E-state index contributed by atoms with van der Waals surface area (Å²) in [5.74, 6) is 1.70. The number of nitrogens with two attached hydrogens (primary N) is 1. The van der Waals surface area contributed by atoms with Crippen molar-refractivity contribution < 1.29 is 13.2 Å². The Balaban J connectivity index is 1.71. The van der Waals surface area contributed by atoms with Gasteiger partial charge in [-0.2, -0.15) is 0 Å². The number of para-hydroxylation sites is 2. The monoisotopic (exact) mass is 374 g/mol. The lowest BCUT2D eigenvalue weighted by atomic mass is 10.0. The Morgan fingerprint density at radius 1 is 1.12 bits per heavy atom. The van der Waals surface area contributed by atoms with Gasteiger partial charge in [0, 0.05) is 6.54 Å². The molecule has 0 saturated heterocycles.